The minimum absolute atomic E-state index is 0.353. The summed E-state index contributed by atoms with van der Waals surface area (Å²) in [5.74, 6) is -0.942. The van der Waals surface area contributed by atoms with Gasteiger partial charge < -0.3 is 9.84 Å². The summed E-state index contributed by atoms with van der Waals surface area (Å²) in [6, 6.07) is 17.2. The Labute approximate surface area is 147 Å². The van der Waals surface area contributed by atoms with Crippen LogP contribution < -0.4 is 0 Å². The van der Waals surface area contributed by atoms with Crippen LogP contribution in [0.4, 0.5) is 0 Å². The number of rotatable bonds is 5. The number of ketones is 1. The van der Waals surface area contributed by atoms with Crippen molar-refractivity contribution in [2.45, 2.75) is 43.8 Å². The second kappa shape index (κ2) is 7.62. The van der Waals surface area contributed by atoms with Crippen LogP contribution in [0.15, 0.2) is 60.7 Å². The third-order valence-electron chi connectivity index (χ3n) is 4.74. The number of ether oxygens (including phenoxy) is 1. The van der Waals surface area contributed by atoms with Crippen LogP contribution in [-0.4, -0.2) is 28.6 Å². The summed E-state index contributed by atoms with van der Waals surface area (Å²) in [6.45, 7) is 0. The highest BCUT2D eigenvalue weighted by molar-refractivity contribution is 6.02. The number of aliphatic hydroxyl groups is 1. The van der Waals surface area contributed by atoms with Gasteiger partial charge in [-0.1, -0.05) is 67.8 Å². The van der Waals surface area contributed by atoms with Crippen LogP contribution in [-0.2, 0) is 4.74 Å². The quantitative estimate of drug-likeness (QED) is 0.665. The fourth-order valence-corrected chi connectivity index (χ4v) is 3.34. The van der Waals surface area contributed by atoms with Gasteiger partial charge in [0.05, 0.1) is 5.56 Å². The third-order valence-corrected chi connectivity index (χ3v) is 4.74. The summed E-state index contributed by atoms with van der Waals surface area (Å²) in [7, 11) is 0. The number of carbonyl (C=O) groups is 2. The highest BCUT2D eigenvalue weighted by Crippen LogP contribution is 2.34. The van der Waals surface area contributed by atoms with Gasteiger partial charge in [-0.25, -0.2) is 4.79 Å². The van der Waals surface area contributed by atoms with Crippen molar-refractivity contribution in [3.05, 3.63) is 71.8 Å². The van der Waals surface area contributed by atoms with Crippen molar-refractivity contribution in [3.8, 4) is 0 Å². The lowest BCUT2D eigenvalue weighted by molar-refractivity contribution is -0.0883. The monoisotopic (exact) mass is 338 g/mol. The van der Waals surface area contributed by atoms with Crippen LogP contribution in [0.1, 0.15) is 52.8 Å². The highest BCUT2D eigenvalue weighted by Gasteiger charge is 2.45. The predicted octanol–water partition coefficient (Wildman–Crippen LogP) is 3.79. The lowest BCUT2D eigenvalue weighted by Crippen LogP contribution is -2.50. The van der Waals surface area contributed by atoms with E-state index in [0.29, 0.717) is 24.0 Å². The molecule has 2 aromatic carbocycles. The zero-order valence-corrected chi connectivity index (χ0v) is 14.1. The molecular weight excluding hydrogens is 316 g/mol. The molecule has 0 aromatic heterocycles. The van der Waals surface area contributed by atoms with Gasteiger partial charge in [-0.2, -0.15) is 0 Å². The van der Waals surface area contributed by atoms with Gasteiger partial charge >= 0.3 is 5.97 Å². The highest BCUT2D eigenvalue weighted by atomic mass is 16.6. The van der Waals surface area contributed by atoms with Crippen molar-refractivity contribution in [2.24, 2.45) is 0 Å². The maximum atomic E-state index is 13.0. The van der Waals surface area contributed by atoms with Crippen LogP contribution in [0.25, 0.3) is 0 Å². The molecule has 130 valence electrons. The van der Waals surface area contributed by atoms with E-state index in [4.69, 9.17) is 4.74 Å². The van der Waals surface area contributed by atoms with Gasteiger partial charge in [0.15, 0.2) is 6.10 Å². The van der Waals surface area contributed by atoms with Gasteiger partial charge in [0.2, 0.25) is 5.78 Å². The lowest BCUT2D eigenvalue weighted by Gasteiger charge is -2.37. The fraction of sp³-hybridized carbons (Fsp3) is 0.333. The predicted molar refractivity (Wildman–Crippen MR) is 94.5 cm³/mol. The Kier molecular flexibility index (Phi) is 5.29. The molecule has 0 radical (unpaired) electrons. The van der Waals surface area contributed by atoms with Crippen molar-refractivity contribution in [3.63, 3.8) is 0 Å². The Balaban J connectivity index is 1.89. The van der Waals surface area contributed by atoms with E-state index in [1.165, 1.54) is 0 Å². The number of hydrogen-bond acceptors (Lipinski definition) is 4. The van der Waals surface area contributed by atoms with E-state index >= 15 is 0 Å². The summed E-state index contributed by atoms with van der Waals surface area (Å²) in [5.41, 5.74) is -0.504. The lowest BCUT2D eigenvalue weighted by atomic mass is 9.78. The Morgan fingerprint density at radius 2 is 1.36 bits per heavy atom. The van der Waals surface area contributed by atoms with E-state index in [1.54, 1.807) is 54.6 Å². The summed E-state index contributed by atoms with van der Waals surface area (Å²) in [4.78, 5) is 25.5. The Morgan fingerprint density at radius 3 is 1.92 bits per heavy atom. The molecule has 0 saturated heterocycles. The first-order valence-corrected chi connectivity index (χ1v) is 8.68. The summed E-state index contributed by atoms with van der Waals surface area (Å²) < 4.78 is 5.56. The average Bonchev–Trinajstić information content (AvgIpc) is 2.67. The molecule has 0 heterocycles. The molecule has 0 spiro atoms. The SMILES string of the molecule is O=C(OC(C(=O)c1ccccc1)C1(O)CCCCC1)c1ccccc1. The smallest absolute Gasteiger partial charge is 0.338 e. The van der Waals surface area contributed by atoms with Gasteiger partial charge in [0, 0.05) is 5.56 Å². The normalized spacial score (nSPS) is 17.5. The minimum Gasteiger partial charge on any atom is -0.447 e. The van der Waals surface area contributed by atoms with E-state index in [1.807, 2.05) is 6.07 Å². The molecule has 1 saturated carbocycles. The van der Waals surface area contributed by atoms with Crippen molar-refractivity contribution >= 4 is 11.8 Å². The van der Waals surface area contributed by atoms with E-state index in [2.05, 4.69) is 0 Å². The van der Waals surface area contributed by atoms with Crippen LogP contribution in [0.2, 0.25) is 0 Å². The zero-order chi connectivity index (χ0) is 17.7. The Morgan fingerprint density at radius 1 is 0.840 bits per heavy atom. The van der Waals surface area contributed by atoms with E-state index in [0.717, 1.165) is 19.3 Å². The first-order valence-electron chi connectivity index (χ1n) is 8.68. The molecule has 2 aromatic rings. The molecule has 1 unspecified atom stereocenters. The van der Waals surface area contributed by atoms with Gasteiger partial charge in [-0.15, -0.1) is 0 Å². The molecule has 1 atom stereocenters. The van der Waals surface area contributed by atoms with Crippen molar-refractivity contribution in [1.29, 1.82) is 0 Å². The van der Waals surface area contributed by atoms with Crippen LogP contribution in [0, 0.1) is 0 Å². The molecule has 3 rings (SSSR count). The molecule has 1 aliphatic rings. The molecule has 1 fully saturated rings. The molecule has 4 nitrogen and oxygen atoms in total. The first-order chi connectivity index (χ1) is 12.1. The molecular formula is C21H22O4. The third kappa shape index (κ3) is 3.97. The van der Waals surface area contributed by atoms with Gasteiger partial charge in [0.25, 0.3) is 0 Å². The summed E-state index contributed by atoms with van der Waals surface area (Å²) >= 11 is 0. The Hall–Kier alpha value is -2.46. The number of hydrogen-bond donors (Lipinski definition) is 1. The van der Waals surface area contributed by atoms with Gasteiger partial charge in [0.1, 0.15) is 5.60 Å². The molecule has 0 amide bonds. The average molecular weight is 338 g/mol. The summed E-state index contributed by atoms with van der Waals surface area (Å²) in [6.07, 6.45) is 2.37. The molecule has 0 aliphatic heterocycles. The van der Waals surface area contributed by atoms with E-state index in [-0.39, 0.29) is 5.78 Å². The van der Waals surface area contributed by atoms with Crippen molar-refractivity contribution in [2.75, 3.05) is 0 Å². The Bertz CT molecular complexity index is 718. The topological polar surface area (TPSA) is 63.6 Å². The first kappa shape index (κ1) is 17.4. The van der Waals surface area contributed by atoms with Crippen LogP contribution >= 0.6 is 0 Å². The molecule has 0 bridgehead atoms. The number of Topliss-reactive ketones (excluding diaryl/α,β-unsaturated/α-hetero) is 1. The number of esters is 1. The standard InChI is InChI=1S/C21H22O4/c22-18(16-10-4-1-5-11-16)19(21(24)14-8-3-9-15-21)25-20(23)17-12-6-2-7-13-17/h1-2,4-7,10-13,19,24H,3,8-9,14-15H2. The summed E-state index contributed by atoms with van der Waals surface area (Å²) in [5, 5.41) is 11.1. The van der Waals surface area contributed by atoms with Gasteiger partial charge in [-0.05, 0) is 25.0 Å². The largest absolute Gasteiger partial charge is 0.447 e. The van der Waals surface area contributed by atoms with Crippen LogP contribution in [0.3, 0.4) is 0 Å². The molecule has 1 aliphatic carbocycles. The van der Waals surface area contributed by atoms with E-state index in [9.17, 15) is 14.7 Å². The second-order valence-electron chi connectivity index (χ2n) is 6.55. The maximum Gasteiger partial charge on any atom is 0.338 e. The minimum atomic E-state index is -1.31. The van der Waals surface area contributed by atoms with Crippen molar-refractivity contribution in [1.82, 2.24) is 0 Å². The van der Waals surface area contributed by atoms with Gasteiger partial charge in [-0.3, -0.25) is 4.79 Å². The van der Waals surface area contributed by atoms with E-state index < -0.39 is 17.7 Å². The van der Waals surface area contributed by atoms with Crippen LogP contribution in [0.5, 0.6) is 0 Å². The maximum absolute atomic E-state index is 13.0. The zero-order valence-electron chi connectivity index (χ0n) is 14.1. The molecule has 4 heteroatoms. The molecule has 1 N–H and O–H groups in total. The number of carbonyl (C=O) groups excluding carboxylic acids is 2. The fourth-order valence-electron chi connectivity index (χ4n) is 3.34. The number of benzene rings is 2. The molecule has 25 heavy (non-hydrogen) atoms. The second-order valence-corrected chi connectivity index (χ2v) is 6.55. The van der Waals surface area contributed by atoms with Crippen molar-refractivity contribution < 1.29 is 19.4 Å².